The molecule has 0 N–H and O–H groups in total. The number of aromatic nitrogens is 1. The molecule has 0 unspecified atom stereocenters. The number of hydrogen-bond donors (Lipinski definition) is 0. The van der Waals surface area contributed by atoms with Gasteiger partial charge in [0, 0.05) is 36.2 Å². The summed E-state index contributed by atoms with van der Waals surface area (Å²) in [5.74, 6) is 0. The Morgan fingerprint density at radius 1 is 1.22 bits per heavy atom. The molecule has 0 saturated carbocycles. The first-order chi connectivity index (χ1) is 10.8. The first-order valence-electron chi connectivity index (χ1n) is 8.08. The minimum atomic E-state index is -0.446. The van der Waals surface area contributed by atoms with Gasteiger partial charge >= 0.3 is 6.09 Å². The smallest absolute Gasteiger partial charge is 0.410 e. The maximum atomic E-state index is 12.1. The van der Waals surface area contributed by atoms with E-state index >= 15 is 0 Å². The molecule has 1 saturated heterocycles. The molecule has 2 heterocycles. The lowest BCUT2D eigenvalue weighted by atomic mass is 10.0. The van der Waals surface area contributed by atoms with Crippen molar-refractivity contribution >= 4 is 28.6 Å². The molecule has 1 aromatic carbocycles. The van der Waals surface area contributed by atoms with Gasteiger partial charge in [0.15, 0.2) is 0 Å². The summed E-state index contributed by atoms with van der Waals surface area (Å²) in [7, 11) is 0. The van der Waals surface area contributed by atoms with Crippen molar-refractivity contribution in [2.45, 2.75) is 45.3 Å². The number of fused-ring (bicyclic) bond motifs is 1. The number of amides is 1. The highest BCUT2D eigenvalue weighted by Crippen LogP contribution is 2.32. The molecule has 2 aromatic rings. The maximum absolute atomic E-state index is 12.1. The monoisotopic (exact) mass is 334 g/mol. The molecule has 1 amide bonds. The van der Waals surface area contributed by atoms with E-state index in [2.05, 4.69) is 10.6 Å². The Hall–Kier alpha value is -1.68. The summed E-state index contributed by atoms with van der Waals surface area (Å²) in [6.07, 6.45) is 3.62. The molecule has 5 heteroatoms. The molecule has 0 radical (unpaired) electrons. The average Bonchev–Trinajstić information content (AvgIpc) is 2.83. The van der Waals surface area contributed by atoms with Crippen molar-refractivity contribution in [1.29, 1.82) is 0 Å². The number of piperidine rings is 1. The number of ether oxygens (including phenoxy) is 1. The Morgan fingerprint density at radius 3 is 2.52 bits per heavy atom. The molecule has 4 nitrogen and oxygen atoms in total. The van der Waals surface area contributed by atoms with Crippen LogP contribution in [-0.2, 0) is 4.74 Å². The molecule has 1 fully saturated rings. The molecule has 1 aliphatic heterocycles. The topological polar surface area (TPSA) is 34.5 Å². The van der Waals surface area contributed by atoms with E-state index in [4.69, 9.17) is 16.3 Å². The van der Waals surface area contributed by atoms with Crippen LogP contribution in [0.3, 0.4) is 0 Å². The van der Waals surface area contributed by atoms with E-state index in [0.717, 1.165) is 28.8 Å². The zero-order valence-corrected chi connectivity index (χ0v) is 14.6. The number of carbonyl (C=O) groups is 1. The highest BCUT2D eigenvalue weighted by molar-refractivity contribution is 6.35. The first kappa shape index (κ1) is 16.2. The minimum Gasteiger partial charge on any atom is -0.444 e. The van der Waals surface area contributed by atoms with Crippen LogP contribution in [0, 0.1) is 0 Å². The van der Waals surface area contributed by atoms with Crippen LogP contribution in [0.2, 0.25) is 5.02 Å². The van der Waals surface area contributed by atoms with Crippen molar-refractivity contribution in [3.63, 3.8) is 0 Å². The fourth-order valence-corrected chi connectivity index (χ4v) is 3.38. The summed E-state index contributed by atoms with van der Waals surface area (Å²) in [5, 5.41) is 1.87. The highest BCUT2D eigenvalue weighted by atomic mass is 35.5. The van der Waals surface area contributed by atoms with Crippen LogP contribution < -0.4 is 0 Å². The van der Waals surface area contributed by atoms with Crippen molar-refractivity contribution in [2.24, 2.45) is 0 Å². The van der Waals surface area contributed by atoms with E-state index in [9.17, 15) is 4.79 Å². The standard InChI is InChI=1S/C18H23ClN2O2/c1-18(2,3)23-17(22)20-10-8-13(9-11-20)21-12-15(19)14-6-4-5-7-16(14)21/h4-7,12-13H,8-11H2,1-3H3. The molecule has 0 spiro atoms. The van der Waals surface area contributed by atoms with E-state index in [1.54, 1.807) is 4.90 Å². The third kappa shape index (κ3) is 3.47. The number of hydrogen-bond acceptors (Lipinski definition) is 2. The van der Waals surface area contributed by atoms with Gasteiger partial charge in [-0.3, -0.25) is 0 Å². The van der Waals surface area contributed by atoms with Gasteiger partial charge in [-0.15, -0.1) is 0 Å². The Labute approximate surface area is 142 Å². The molecular formula is C18H23ClN2O2. The van der Waals surface area contributed by atoms with Gasteiger partial charge in [-0.05, 0) is 39.7 Å². The largest absolute Gasteiger partial charge is 0.444 e. The summed E-state index contributed by atoms with van der Waals surface area (Å²) in [4.78, 5) is 13.9. The maximum Gasteiger partial charge on any atom is 0.410 e. The van der Waals surface area contributed by atoms with E-state index in [0.29, 0.717) is 19.1 Å². The van der Waals surface area contributed by atoms with Crippen LogP contribution in [0.1, 0.15) is 39.7 Å². The normalized spacial score (nSPS) is 16.8. The minimum absolute atomic E-state index is 0.216. The summed E-state index contributed by atoms with van der Waals surface area (Å²) in [6, 6.07) is 8.55. The fraction of sp³-hybridized carbons (Fsp3) is 0.500. The molecule has 124 valence electrons. The number of benzene rings is 1. The molecule has 0 aliphatic carbocycles. The molecule has 0 atom stereocenters. The molecule has 23 heavy (non-hydrogen) atoms. The van der Waals surface area contributed by atoms with Crippen molar-refractivity contribution < 1.29 is 9.53 Å². The van der Waals surface area contributed by atoms with Crippen molar-refractivity contribution in [2.75, 3.05) is 13.1 Å². The number of carbonyl (C=O) groups excluding carboxylic acids is 1. The van der Waals surface area contributed by atoms with Gasteiger partial charge in [-0.2, -0.15) is 0 Å². The third-order valence-electron chi connectivity index (χ3n) is 4.20. The number of halogens is 1. The van der Waals surface area contributed by atoms with Crippen LogP contribution in [0.15, 0.2) is 30.5 Å². The van der Waals surface area contributed by atoms with Crippen molar-refractivity contribution in [3.05, 3.63) is 35.5 Å². The lowest BCUT2D eigenvalue weighted by molar-refractivity contribution is 0.0190. The van der Waals surface area contributed by atoms with Gasteiger partial charge in [-0.25, -0.2) is 4.79 Å². The van der Waals surface area contributed by atoms with Gasteiger partial charge in [-0.1, -0.05) is 29.8 Å². The third-order valence-corrected chi connectivity index (χ3v) is 4.50. The summed E-state index contributed by atoms with van der Waals surface area (Å²) in [5.41, 5.74) is 0.714. The van der Waals surface area contributed by atoms with Crippen LogP contribution in [0.5, 0.6) is 0 Å². The van der Waals surface area contributed by atoms with E-state index in [-0.39, 0.29) is 6.09 Å². The van der Waals surface area contributed by atoms with Gasteiger partial charge in [0.1, 0.15) is 5.60 Å². The van der Waals surface area contributed by atoms with Crippen molar-refractivity contribution in [3.8, 4) is 0 Å². The van der Waals surface area contributed by atoms with Crippen LogP contribution in [0.4, 0.5) is 4.79 Å². The summed E-state index contributed by atoms with van der Waals surface area (Å²) >= 11 is 6.34. The van der Waals surface area contributed by atoms with Gasteiger partial charge in [0.25, 0.3) is 0 Å². The predicted molar refractivity (Wildman–Crippen MR) is 93.0 cm³/mol. The summed E-state index contributed by atoms with van der Waals surface area (Å²) in [6.45, 7) is 7.11. The van der Waals surface area contributed by atoms with E-state index < -0.39 is 5.60 Å². The Bertz CT molecular complexity index is 709. The SMILES string of the molecule is CC(C)(C)OC(=O)N1CCC(n2cc(Cl)c3ccccc32)CC1. The summed E-state index contributed by atoms with van der Waals surface area (Å²) < 4.78 is 7.71. The second-order valence-electron chi connectivity index (χ2n) is 7.10. The Kier molecular flexibility index (Phi) is 4.28. The molecule has 3 rings (SSSR count). The Balaban J connectivity index is 1.70. The lowest BCUT2D eigenvalue weighted by Gasteiger charge is -2.34. The van der Waals surface area contributed by atoms with E-state index in [1.807, 2.05) is 45.2 Å². The van der Waals surface area contributed by atoms with Crippen molar-refractivity contribution in [1.82, 2.24) is 9.47 Å². The van der Waals surface area contributed by atoms with Crippen LogP contribution >= 0.6 is 11.6 Å². The number of nitrogens with zero attached hydrogens (tertiary/aromatic N) is 2. The second-order valence-corrected chi connectivity index (χ2v) is 7.51. The van der Waals surface area contributed by atoms with Gasteiger partial charge in [0.05, 0.1) is 5.02 Å². The first-order valence-corrected chi connectivity index (χ1v) is 8.46. The average molecular weight is 335 g/mol. The number of para-hydroxylation sites is 1. The quantitative estimate of drug-likeness (QED) is 0.745. The lowest BCUT2D eigenvalue weighted by Crippen LogP contribution is -2.42. The Morgan fingerprint density at radius 2 is 1.87 bits per heavy atom. The van der Waals surface area contributed by atoms with Crippen LogP contribution in [-0.4, -0.2) is 34.3 Å². The number of rotatable bonds is 1. The molecule has 0 bridgehead atoms. The zero-order valence-electron chi connectivity index (χ0n) is 13.9. The fourth-order valence-electron chi connectivity index (χ4n) is 3.12. The highest BCUT2D eigenvalue weighted by Gasteiger charge is 2.28. The van der Waals surface area contributed by atoms with Gasteiger partial charge in [0.2, 0.25) is 0 Å². The van der Waals surface area contributed by atoms with Crippen LogP contribution in [0.25, 0.3) is 10.9 Å². The predicted octanol–water partition coefficient (Wildman–Crippen LogP) is 4.87. The molecule has 1 aromatic heterocycles. The number of likely N-dealkylation sites (tertiary alicyclic amines) is 1. The second kappa shape index (κ2) is 6.08. The zero-order chi connectivity index (χ0) is 16.6. The van der Waals surface area contributed by atoms with Gasteiger partial charge < -0.3 is 14.2 Å². The van der Waals surface area contributed by atoms with E-state index in [1.165, 1.54) is 0 Å². The molecule has 1 aliphatic rings. The molecular weight excluding hydrogens is 312 g/mol.